The van der Waals surface area contributed by atoms with E-state index in [0.29, 0.717) is 35.0 Å². The van der Waals surface area contributed by atoms with Crippen LogP contribution in [-0.4, -0.2) is 36.2 Å². The van der Waals surface area contributed by atoms with Crippen molar-refractivity contribution in [3.63, 3.8) is 0 Å². The van der Waals surface area contributed by atoms with Crippen LogP contribution in [0.5, 0.6) is 0 Å². The van der Waals surface area contributed by atoms with Gasteiger partial charge < -0.3 is 14.7 Å². The van der Waals surface area contributed by atoms with Crippen molar-refractivity contribution in [2.45, 2.75) is 116 Å². The summed E-state index contributed by atoms with van der Waals surface area (Å²) in [6.07, 6.45) is 11.3. The number of hydrogen-bond acceptors (Lipinski definition) is 5. The van der Waals surface area contributed by atoms with E-state index in [9.17, 15) is 14.7 Å². The zero-order valence-electron chi connectivity index (χ0n) is 21.5. The van der Waals surface area contributed by atoms with Crippen LogP contribution in [-0.2, 0) is 9.53 Å². The summed E-state index contributed by atoms with van der Waals surface area (Å²) in [7, 11) is 1.43. The van der Waals surface area contributed by atoms with Crippen molar-refractivity contribution in [2.75, 3.05) is 12.0 Å². The number of carbonyl (C=O) groups is 2. The van der Waals surface area contributed by atoms with E-state index in [-0.39, 0.29) is 29.9 Å². The lowest BCUT2D eigenvalue weighted by Gasteiger charge is -2.39. The average Bonchev–Trinajstić information content (AvgIpc) is 3.25. The molecule has 0 bridgehead atoms. The normalized spacial score (nSPS) is 30.0. The molecule has 1 amide bonds. The van der Waals surface area contributed by atoms with Gasteiger partial charge in [0.05, 0.1) is 18.9 Å². The molecule has 34 heavy (non-hydrogen) atoms. The standard InChI is InChI=1S/C28H43NO4S/c1-18-5-7-20(8-6-18)26(31)29(21-9-11-22(30)12-10-21)23-17-24(34-25(23)27(32)33-4)19-13-15-28(2,3)16-14-19/h17-22,30H,5-16H2,1-4H3. The van der Waals surface area contributed by atoms with Crippen molar-refractivity contribution >= 4 is 28.9 Å². The smallest absolute Gasteiger partial charge is 0.350 e. The largest absolute Gasteiger partial charge is 0.465 e. The van der Waals surface area contributed by atoms with Gasteiger partial charge in [0.15, 0.2) is 0 Å². The highest BCUT2D eigenvalue weighted by atomic mass is 32.1. The predicted octanol–water partition coefficient (Wildman–Crippen LogP) is 6.68. The second-order valence-corrected chi connectivity index (χ2v) is 13.0. The number of nitrogens with zero attached hydrogens (tertiary/aromatic N) is 1. The van der Waals surface area contributed by atoms with E-state index in [1.165, 1.54) is 36.2 Å². The molecule has 1 aromatic rings. The Labute approximate surface area is 209 Å². The molecule has 6 heteroatoms. The summed E-state index contributed by atoms with van der Waals surface area (Å²) in [5.41, 5.74) is 1.15. The minimum atomic E-state index is -0.340. The number of hydrogen-bond donors (Lipinski definition) is 1. The van der Waals surface area contributed by atoms with E-state index in [0.717, 1.165) is 57.1 Å². The highest BCUT2D eigenvalue weighted by Crippen LogP contribution is 2.47. The van der Waals surface area contributed by atoms with Crippen LogP contribution < -0.4 is 4.90 Å². The van der Waals surface area contributed by atoms with E-state index >= 15 is 0 Å². The summed E-state index contributed by atoms with van der Waals surface area (Å²) >= 11 is 1.54. The molecule has 0 aliphatic heterocycles. The van der Waals surface area contributed by atoms with Crippen molar-refractivity contribution in [3.8, 4) is 0 Å². The lowest BCUT2D eigenvalue weighted by Crippen LogP contribution is -2.47. The summed E-state index contributed by atoms with van der Waals surface area (Å²) in [5, 5.41) is 10.1. The van der Waals surface area contributed by atoms with E-state index < -0.39 is 0 Å². The summed E-state index contributed by atoms with van der Waals surface area (Å²) in [4.78, 5) is 30.7. The second-order valence-electron chi connectivity index (χ2n) is 11.9. The van der Waals surface area contributed by atoms with Gasteiger partial charge in [-0.3, -0.25) is 4.79 Å². The Morgan fingerprint density at radius 1 is 1.00 bits per heavy atom. The Morgan fingerprint density at radius 2 is 1.62 bits per heavy atom. The molecule has 1 N–H and O–H groups in total. The molecule has 190 valence electrons. The number of carbonyl (C=O) groups excluding carboxylic acids is 2. The topological polar surface area (TPSA) is 66.8 Å². The fourth-order valence-corrected chi connectivity index (χ4v) is 7.46. The number of anilines is 1. The molecular weight excluding hydrogens is 446 g/mol. The molecule has 3 fully saturated rings. The molecule has 0 radical (unpaired) electrons. The number of amides is 1. The third-order valence-electron chi connectivity index (χ3n) is 8.74. The molecule has 0 saturated heterocycles. The Balaban J connectivity index is 1.68. The zero-order chi connectivity index (χ0) is 24.5. The van der Waals surface area contributed by atoms with Gasteiger partial charge in [0.1, 0.15) is 4.88 Å². The van der Waals surface area contributed by atoms with Gasteiger partial charge in [0.2, 0.25) is 5.91 Å². The van der Waals surface area contributed by atoms with Gasteiger partial charge in [-0.1, -0.05) is 20.8 Å². The maximum Gasteiger partial charge on any atom is 0.350 e. The van der Waals surface area contributed by atoms with Crippen LogP contribution in [0.1, 0.15) is 118 Å². The predicted molar refractivity (Wildman–Crippen MR) is 138 cm³/mol. The molecule has 0 aromatic carbocycles. The molecular formula is C28H43NO4S. The first-order chi connectivity index (χ1) is 16.2. The second kappa shape index (κ2) is 10.7. The molecule has 0 spiro atoms. The van der Waals surface area contributed by atoms with Gasteiger partial charge in [0.25, 0.3) is 0 Å². The fourth-order valence-electron chi connectivity index (χ4n) is 6.22. The molecule has 5 nitrogen and oxygen atoms in total. The van der Waals surface area contributed by atoms with Crippen molar-refractivity contribution in [3.05, 3.63) is 15.8 Å². The molecule has 3 saturated carbocycles. The highest BCUT2D eigenvalue weighted by Gasteiger charge is 2.38. The minimum Gasteiger partial charge on any atom is -0.465 e. The maximum absolute atomic E-state index is 14.0. The molecule has 1 heterocycles. The van der Waals surface area contributed by atoms with Gasteiger partial charge in [-0.05, 0) is 100 Å². The first-order valence-electron chi connectivity index (χ1n) is 13.4. The zero-order valence-corrected chi connectivity index (χ0v) is 22.3. The Morgan fingerprint density at radius 3 is 2.21 bits per heavy atom. The number of aliphatic hydroxyl groups is 1. The summed E-state index contributed by atoms with van der Waals surface area (Å²) < 4.78 is 5.20. The molecule has 1 aromatic heterocycles. The number of rotatable bonds is 5. The number of esters is 1. The van der Waals surface area contributed by atoms with Crippen LogP contribution in [0.25, 0.3) is 0 Å². The fraction of sp³-hybridized carbons (Fsp3) is 0.786. The van der Waals surface area contributed by atoms with Gasteiger partial charge in [-0.2, -0.15) is 0 Å². The number of aliphatic hydroxyl groups excluding tert-OH is 1. The quantitative estimate of drug-likeness (QED) is 0.468. The monoisotopic (exact) mass is 489 g/mol. The lowest BCUT2D eigenvalue weighted by atomic mass is 9.73. The third-order valence-corrected chi connectivity index (χ3v) is 10.0. The first-order valence-corrected chi connectivity index (χ1v) is 14.2. The lowest BCUT2D eigenvalue weighted by molar-refractivity contribution is -0.124. The Kier molecular flexibility index (Phi) is 8.08. The van der Waals surface area contributed by atoms with Crippen LogP contribution >= 0.6 is 11.3 Å². The van der Waals surface area contributed by atoms with E-state index in [1.54, 1.807) is 0 Å². The van der Waals surface area contributed by atoms with Crippen LogP contribution in [0.2, 0.25) is 0 Å². The first kappa shape index (κ1) is 25.7. The molecule has 0 unspecified atom stereocenters. The maximum atomic E-state index is 14.0. The van der Waals surface area contributed by atoms with Crippen molar-refractivity contribution in [1.82, 2.24) is 0 Å². The van der Waals surface area contributed by atoms with Crippen LogP contribution in [0.4, 0.5) is 5.69 Å². The van der Waals surface area contributed by atoms with Crippen molar-refractivity contribution in [1.29, 1.82) is 0 Å². The number of methoxy groups -OCH3 is 1. The SMILES string of the molecule is COC(=O)c1sc(C2CCC(C)(C)CC2)cc1N(C(=O)C1CCC(C)CC1)C1CCC(O)CC1. The average molecular weight is 490 g/mol. The molecule has 3 aliphatic carbocycles. The van der Waals surface area contributed by atoms with Gasteiger partial charge >= 0.3 is 5.97 Å². The van der Waals surface area contributed by atoms with E-state index in [4.69, 9.17) is 4.74 Å². The number of ether oxygens (including phenoxy) is 1. The number of thiophene rings is 1. The van der Waals surface area contributed by atoms with E-state index in [1.807, 2.05) is 4.90 Å². The molecule has 3 aliphatic rings. The summed E-state index contributed by atoms with van der Waals surface area (Å²) in [6.45, 7) is 6.95. The van der Waals surface area contributed by atoms with E-state index in [2.05, 4.69) is 26.8 Å². The van der Waals surface area contributed by atoms with Crippen LogP contribution in [0.15, 0.2) is 6.07 Å². The van der Waals surface area contributed by atoms with Gasteiger partial charge in [0, 0.05) is 16.8 Å². The highest BCUT2D eigenvalue weighted by molar-refractivity contribution is 7.14. The third kappa shape index (κ3) is 5.70. The minimum absolute atomic E-state index is 0.0207. The van der Waals surface area contributed by atoms with Crippen LogP contribution in [0.3, 0.4) is 0 Å². The van der Waals surface area contributed by atoms with Crippen LogP contribution in [0, 0.1) is 17.3 Å². The van der Waals surface area contributed by atoms with Crippen molar-refractivity contribution in [2.24, 2.45) is 17.3 Å². The Hall–Kier alpha value is -1.40. The summed E-state index contributed by atoms with van der Waals surface area (Å²) in [6, 6.07) is 2.18. The molecule has 0 atom stereocenters. The molecule has 4 rings (SSSR count). The van der Waals surface area contributed by atoms with Gasteiger partial charge in [-0.15, -0.1) is 11.3 Å². The van der Waals surface area contributed by atoms with Crippen molar-refractivity contribution < 1.29 is 19.4 Å². The Bertz CT molecular complexity index is 852. The summed E-state index contributed by atoms with van der Waals surface area (Å²) in [5.74, 6) is 0.973. The van der Waals surface area contributed by atoms with Gasteiger partial charge in [-0.25, -0.2) is 4.79 Å².